The number of hydrogen-bond donors (Lipinski definition) is 0. The predicted octanol–water partition coefficient (Wildman–Crippen LogP) is 4.41. The van der Waals surface area contributed by atoms with E-state index in [0.717, 1.165) is 24.1 Å². The zero-order chi connectivity index (χ0) is 21.3. The standard InChI is InChI=1S/C22H23ClFN3O3/c1-14(28)26-8-6-16(7-9-26)30-21-11-19-15(10-20(21)29-2)12-25-13-27(19)18-5-3-4-17(23)22(18)24/h3-5,10-12,16H,6-9,13H2,1-2H3. The molecule has 4 rings (SSSR count). The second-order valence-electron chi connectivity index (χ2n) is 7.34. The van der Waals surface area contributed by atoms with E-state index in [1.165, 1.54) is 6.07 Å². The van der Waals surface area contributed by atoms with Crippen LogP contribution in [-0.4, -0.2) is 50.0 Å². The fourth-order valence-electron chi connectivity index (χ4n) is 3.83. The van der Waals surface area contributed by atoms with E-state index in [4.69, 9.17) is 21.1 Å². The first-order chi connectivity index (χ1) is 14.5. The number of carbonyl (C=O) groups excluding carboxylic acids is 1. The molecule has 6 nitrogen and oxygen atoms in total. The Bertz CT molecular complexity index is 990. The van der Waals surface area contributed by atoms with Crippen molar-refractivity contribution in [1.82, 2.24) is 4.90 Å². The number of ether oxygens (including phenoxy) is 2. The molecule has 2 aliphatic heterocycles. The molecule has 1 fully saturated rings. The molecule has 2 aromatic carbocycles. The summed E-state index contributed by atoms with van der Waals surface area (Å²) in [6, 6.07) is 8.60. The minimum absolute atomic E-state index is 0.0267. The first-order valence-electron chi connectivity index (χ1n) is 9.83. The molecule has 30 heavy (non-hydrogen) atoms. The lowest BCUT2D eigenvalue weighted by Crippen LogP contribution is -2.40. The highest BCUT2D eigenvalue weighted by Crippen LogP contribution is 2.41. The lowest BCUT2D eigenvalue weighted by Gasteiger charge is -2.33. The number of anilines is 2. The van der Waals surface area contributed by atoms with Crippen molar-refractivity contribution in [3.63, 3.8) is 0 Å². The number of fused-ring (bicyclic) bond motifs is 1. The smallest absolute Gasteiger partial charge is 0.219 e. The summed E-state index contributed by atoms with van der Waals surface area (Å²) in [6.07, 6.45) is 3.20. The van der Waals surface area contributed by atoms with E-state index in [-0.39, 0.29) is 23.7 Å². The van der Waals surface area contributed by atoms with Crippen LogP contribution in [0.2, 0.25) is 5.02 Å². The van der Waals surface area contributed by atoms with E-state index in [9.17, 15) is 9.18 Å². The van der Waals surface area contributed by atoms with Crippen molar-refractivity contribution < 1.29 is 18.7 Å². The van der Waals surface area contributed by atoms with Gasteiger partial charge in [0.15, 0.2) is 17.3 Å². The third-order valence-corrected chi connectivity index (χ3v) is 5.75. The summed E-state index contributed by atoms with van der Waals surface area (Å²) in [5.41, 5.74) is 1.92. The van der Waals surface area contributed by atoms with Crippen LogP contribution in [-0.2, 0) is 4.79 Å². The normalized spacial score (nSPS) is 16.4. The molecule has 0 spiro atoms. The van der Waals surface area contributed by atoms with Crippen LogP contribution in [0.1, 0.15) is 25.3 Å². The number of nitrogens with zero attached hydrogens (tertiary/aromatic N) is 3. The molecule has 0 aliphatic carbocycles. The van der Waals surface area contributed by atoms with Gasteiger partial charge in [-0.05, 0) is 18.2 Å². The second-order valence-corrected chi connectivity index (χ2v) is 7.75. The molecule has 2 aromatic rings. The zero-order valence-corrected chi connectivity index (χ0v) is 17.7. The molecule has 158 valence electrons. The molecule has 0 aromatic heterocycles. The summed E-state index contributed by atoms with van der Waals surface area (Å²) in [4.78, 5) is 19.5. The number of amides is 1. The SMILES string of the molecule is COc1cc2c(cc1OC1CCN(C(C)=O)CC1)N(c1cccc(Cl)c1F)CN=C2. The van der Waals surface area contributed by atoms with E-state index in [1.807, 2.05) is 17.0 Å². The number of rotatable bonds is 4. The van der Waals surface area contributed by atoms with Gasteiger partial charge in [0, 0.05) is 50.7 Å². The van der Waals surface area contributed by atoms with E-state index in [2.05, 4.69) is 4.99 Å². The maximum absolute atomic E-state index is 14.7. The van der Waals surface area contributed by atoms with Crippen LogP contribution in [0.4, 0.5) is 15.8 Å². The zero-order valence-electron chi connectivity index (χ0n) is 16.9. The quantitative estimate of drug-likeness (QED) is 0.719. The summed E-state index contributed by atoms with van der Waals surface area (Å²) in [5.74, 6) is 0.762. The first kappa shape index (κ1) is 20.5. The van der Waals surface area contributed by atoms with Crippen LogP contribution in [0.5, 0.6) is 11.5 Å². The number of halogens is 2. The number of methoxy groups -OCH3 is 1. The van der Waals surface area contributed by atoms with Crippen LogP contribution in [0.15, 0.2) is 35.3 Å². The van der Waals surface area contributed by atoms with Crippen LogP contribution in [0.25, 0.3) is 0 Å². The van der Waals surface area contributed by atoms with Gasteiger partial charge in [-0.25, -0.2) is 4.39 Å². The molecular weight excluding hydrogens is 409 g/mol. The Morgan fingerprint density at radius 2 is 1.97 bits per heavy atom. The summed E-state index contributed by atoms with van der Waals surface area (Å²) in [7, 11) is 1.58. The van der Waals surface area contributed by atoms with Gasteiger partial charge in [0.1, 0.15) is 12.8 Å². The van der Waals surface area contributed by atoms with Crippen molar-refractivity contribution in [3.8, 4) is 11.5 Å². The highest BCUT2D eigenvalue weighted by atomic mass is 35.5. The Labute approximate surface area is 179 Å². The molecule has 0 N–H and O–H groups in total. The molecule has 2 heterocycles. The Morgan fingerprint density at radius 1 is 1.20 bits per heavy atom. The molecule has 0 unspecified atom stereocenters. The fourth-order valence-corrected chi connectivity index (χ4v) is 4.00. The van der Waals surface area contributed by atoms with Crippen LogP contribution in [0.3, 0.4) is 0 Å². The number of carbonyl (C=O) groups is 1. The Morgan fingerprint density at radius 3 is 2.67 bits per heavy atom. The van der Waals surface area contributed by atoms with Crippen molar-refractivity contribution in [3.05, 3.63) is 46.7 Å². The average Bonchev–Trinajstić information content (AvgIpc) is 2.75. The van der Waals surface area contributed by atoms with Crippen LogP contribution >= 0.6 is 11.6 Å². The summed E-state index contributed by atoms with van der Waals surface area (Å²) >= 11 is 5.99. The van der Waals surface area contributed by atoms with E-state index < -0.39 is 5.82 Å². The van der Waals surface area contributed by atoms with Gasteiger partial charge in [0.25, 0.3) is 0 Å². The topological polar surface area (TPSA) is 54.4 Å². The van der Waals surface area contributed by atoms with Gasteiger partial charge in [-0.1, -0.05) is 17.7 Å². The number of piperidine rings is 1. The van der Waals surface area contributed by atoms with Crippen molar-refractivity contribution in [1.29, 1.82) is 0 Å². The first-order valence-corrected chi connectivity index (χ1v) is 10.2. The second kappa shape index (κ2) is 8.52. The van der Waals surface area contributed by atoms with Gasteiger partial charge in [-0.2, -0.15) is 0 Å². The minimum Gasteiger partial charge on any atom is -0.493 e. The summed E-state index contributed by atoms with van der Waals surface area (Å²) in [6.45, 7) is 3.19. The van der Waals surface area contributed by atoms with Gasteiger partial charge in [-0.3, -0.25) is 9.79 Å². The molecule has 0 atom stereocenters. The molecular formula is C22H23ClFN3O3. The molecule has 0 saturated carbocycles. The fraction of sp³-hybridized carbons (Fsp3) is 0.364. The monoisotopic (exact) mass is 431 g/mol. The highest BCUT2D eigenvalue weighted by Gasteiger charge is 2.26. The average molecular weight is 432 g/mol. The molecule has 1 saturated heterocycles. The largest absolute Gasteiger partial charge is 0.493 e. The van der Waals surface area contributed by atoms with E-state index in [0.29, 0.717) is 30.3 Å². The van der Waals surface area contributed by atoms with Gasteiger partial charge in [0.05, 0.1) is 23.5 Å². The summed E-state index contributed by atoms with van der Waals surface area (Å²) in [5, 5.41) is 0.0609. The van der Waals surface area contributed by atoms with Gasteiger partial charge in [0.2, 0.25) is 5.91 Å². The van der Waals surface area contributed by atoms with Crippen LogP contribution in [0, 0.1) is 5.82 Å². The maximum atomic E-state index is 14.7. The van der Waals surface area contributed by atoms with Crippen molar-refractivity contribution >= 4 is 35.1 Å². The predicted molar refractivity (Wildman–Crippen MR) is 115 cm³/mol. The Hall–Kier alpha value is -2.80. The van der Waals surface area contributed by atoms with Gasteiger partial charge in [-0.15, -0.1) is 0 Å². The number of likely N-dealkylation sites (tertiary alicyclic amines) is 1. The summed E-state index contributed by atoms with van der Waals surface area (Å²) < 4.78 is 26.5. The Kier molecular flexibility index (Phi) is 5.81. The molecule has 8 heteroatoms. The highest BCUT2D eigenvalue weighted by molar-refractivity contribution is 6.31. The number of benzene rings is 2. The maximum Gasteiger partial charge on any atom is 0.219 e. The lowest BCUT2D eigenvalue weighted by atomic mass is 10.1. The van der Waals surface area contributed by atoms with Crippen LogP contribution < -0.4 is 14.4 Å². The van der Waals surface area contributed by atoms with Crippen molar-refractivity contribution in [2.45, 2.75) is 25.9 Å². The molecule has 0 radical (unpaired) electrons. The van der Waals surface area contributed by atoms with E-state index >= 15 is 0 Å². The lowest BCUT2D eigenvalue weighted by molar-refractivity contribution is -0.130. The third kappa shape index (κ3) is 3.94. The van der Waals surface area contributed by atoms with E-state index in [1.54, 1.807) is 37.3 Å². The molecule has 2 aliphatic rings. The Balaban J connectivity index is 1.64. The van der Waals surface area contributed by atoms with Gasteiger partial charge >= 0.3 is 0 Å². The van der Waals surface area contributed by atoms with Gasteiger partial charge < -0.3 is 19.3 Å². The van der Waals surface area contributed by atoms with Crippen molar-refractivity contribution in [2.24, 2.45) is 4.99 Å². The van der Waals surface area contributed by atoms with Crippen molar-refractivity contribution in [2.75, 3.05) is 31.8 Å². The number of hydrogen-bond acceptors (Lipinski definition) is 5. The molecule has 1 amide bonds. The number of aliphatic imine (C=N–C) groups is 1. The minimum atomic E-state index is -0.489. The third-order valence-electron chi connectivity index (χ3n) is 5.46. The molecule has 0 bridgehead atoms.